The number of rotatable bonds is 13. The van der Waals surface area contributed by atoms with Crippen LogP contribution in [-0.2, 0) is 27.4 Å². The second-order valence-corrected chi connectivity index (χ2v) is 5.63. The minimum atomic E-state index is 0. The predicted octanol–water partition coefficient (Wildman–Crippen LogP) is 2.95. The van der Waals surface area contributed by atoms with Gasteiger partial charge in [-0.05, 0) is 24.0 Å². The van der Waals surface area contributed by atoms with Crippen LogP contribution in [0.3, 0.4) is 0 Å². The van der Waals surface area contributed by atoms with Crippen molar-refractivity contribution in [2.24, 2.45) is 4.99 Å². The molecule has 0 fully saturated rings. The monoisotopic (exact) mass is 479 g/mol. The topological polar surface area (TPSA) is 64.1 Å². The van der Waals surface area contributed by atoms with E-state index in [-0.39, 0.29) is 24.0 Å². The van der Waals surface area contributed by atoms with E-state index in [4.69, 9.17) is 14.2 Å². The molecule has 0 amide bonds. The van der Waals surface area contributed by atoms with Crippen molar-refractivity contribution < 1.29 is 14.2 Å². The summed E-state index contributed by atoms with van der Waals surface area (Å²) in [5.41, 5.74) is 2.44. The van der Waals surface area contributed by atoms with Crippen molar-refractivity contribution >= 4 is 29.9 Å². The molecule has 0 radical (unpaired) electrons. The molecule has 1 aromatic rings. The zero-order valence-electron chi connectivity index (χ0n) is 16.3. The number of ether oxygens (including phenoxy) is 3. The van der Waals surface area contributed by atoms with Crippen LogP contribution in [0.15, 0.2) is 29.3 Å². The molecule has 0 aliphatic rings. The fraction of sp³-hybridized carbons (Fsp3) is 0.632. The maximum Gasteiger partial charge on any atom is 0.191 e. The first-order valence-corrected chi connectivity index (χ1v) is 8.97. The number of hydrogen-bond acceptors (Lipinski definition) is 4. The highest BCUT2D eigenvalue weighted by molar-refractivity contribution is 14.0. The first-order chi connectivity index (χ1) is 12.3. The minimum Gasteiger partial charge on any atom is -0.382 e. The fourth-order valence-corrected chi connectivity index (χ4v) is 2.22. The first-order valence-electron chi connectivity index (χ1n) is 8.97. The quantitative estimate of drug-likeness (QED) is 0.197. The molecule has 0 aliphatic heterocycles. The molecular formula is C19H34IN3O3. The van der Waals surface area contributed by atoms with E-state index in [1.807, 2.05) is 12.1 Å². The van der Waals surface area contributed by atoms with Gasteiger partial charge < -0.3 is 24.8 Å². The lowest BCUT2D eigenvalue weighted by Gasteiger charge is -2.14. The molecule has 7 heteroatoms. The van der Waals surface area contributed by atoms with Crippen LogP contribution in [-0.4, -0.2) is 53.1 Å². The summed E-state index contributed by atoms with van der Waals surface area (Å²) < 4.78 is 16.0. The Labute approximate surface area is 175 Å². The number of halogens is 1. The SMILES string of the molecule is CCCOCc1ccccc1CNC(=NC)NCCCOCCOC.I. The molecule has 1 rings (SSSR count). The van der Waals surface area contributed by atoms with Crippen molar-refractivity contribution in [3.05, 3.63) is 35.4 Å². The average molecular weight is 479 g/mol. The Balaban J connectivity index is 0.00000625. The third-order valence-corrected chi connectivity index (χ3v) is 3.58. The van der Waals surface area contributed by atoms with Crippen molar-refractivity contribution in [1.82, 2.24) is 10.6 Å². The largest absolute Gasteiger partial charge is 0.382 e. The van der Waals surface area contributed by atoms with Gasteiger partial charge in [0.15, 0.2) is 5.96 Å². The van der Waals surface area contributed by atoms with E-state index in [1.54, 1.807) is 14.2 Å². The number of hydrogen-bond donors (Lipinski definition) is 2. The summed E-state index contributed by atoms with van der Waals surface area (Å²) in [6.07, 6.45) is 1.96. The van der Waals surface area contributed by atoms with Gasteiger partial charge in [0.2, 0.25) is 0 Å². The van der Waals surface area contributed by atoms with E-state index >= 15 is 0 Å². The minimum absolute atomic E-state index is 0. The molecule has 0 saturated heterocycles. The van der Waals surface area contributed by atoms with Crippen LogP contribution in [0.1, 0.15) is 30.9 Å². The molecule has 0 aliphatic carbocycles. The smallest absolute Gasteiger partial charge is 0.191 e. The normalized spacial score (nSPS) is 11.1. The summed E-state index contributed by atoms with van der Waals surface area (Å²) >= 11 is 0. The van der Waals surface area contributed by atoms with Gasteiger partial charge in [-0.2, -0.15) is 0 Å². The molecule has 26 heavy (non-hydrogen) atoms. The van der Waals surface area contributed by atoms with Crippen LogP contribution in [0.25, 0.3) is 0 Å². The lowest BCUT2D eigenvalue weighted by molar-refractivity contribution is 0.0698. The van der Waals surface area contributed by atoms with Crippen LogP contribution >= 0.6 is 24.0 Å². The zero-order chi connectivity index (χ0) is 18.2. The van der Waals surface area contributed by atoms with Crippen LogP contribution in [0.5, 0.6) is 0 Å². The van der Waals surface area contributed by atoms with Gasteiger partial charge in [0.05, 0.1) is 19.8 Å². The van der Waals surface area contributed by atoms with Gasteiger partial charge in [-0.3, -0.25) is 4.99 Å². The molecule has 6 nitrogen and oxygen atoms in total. The molecule has 0 saturated carbocycles. The number of methoxy groups -OCH3 is 1. The van der Waals surface area contributed by atoms with E-state index in [1.165, 1.54) is 11.1 Å². The second-order valence-electron chi connectivity index (χ2n) is 5.63. The van der Waals surface area contributed by atoms with Crippen molar-refractivity contribution in [2.45, 2.75) is 32.9 Å². The summed E-state index contributed by atoms with van der Waals surface area (Å²) in [6, 6.07) is 8.33. The zero-order valence-corrected chi connectivity index (χ0v) is 18.6. The summed E-state index contributed by atoms with van der Waals surface area (Å²) in [4.78, 5) is 4.26. The summed E-state index contributed by atoms with van der Waals surface area (Å²) in [6.45, 7) is 7.08. The Morgan fingerprint density at radius 2 is 1.77 bits per heavy atom. The molecule has 0 unspecified atom stereocenters. The third-order valence-electron chi connectivity index (χ3n) is 3.58. The van der Waals surface area contributed by atoms with Gasteiger partial charge in [-0.25, -0.2) is 0 Å². The van der Waals surface area contributed by atoms with Crippen LogP contribution in [0.4, 0.5) is 0 Å². The Bertz CT molecular complexity index is 487. The lowest BCUT2D eigenvalue weighted by atomic mass is 10.1. The Morgan fingerprint density at radius 1 is 1.00 bits per heavy atom. The van der Waals surface area contributed by atoms with Crippen LogP contribution in [0.2, 0.25) is 0 Å². The molecule has 0 heterocycles. The number of aliphatic imine (C=N–C) groups is 1. The lowest BCUT2D eigenvalue weighted by Crippen LogP contribution is -2.37. The van der Waals surface area contributed by atoms with E-state index < -0.39 is 0 Å². The fourth-order valence-electron chi connectivity index (χ4n) is 2.22. The predicted molar refractivity (Wildman–Crippen MR) is 117 cm³/mol. The molecule has 0 bridgehead atoms. The molecule has 0 atom stereocenters. The van der Waals surface area contributed by atoms with Crippen molar-refractivity contribution in [3.8, 4) is 0 Å². The molecule has 0 aromatic heterocycles. The summed E-state index contributed by atoms with van der Waals surface area (Å²) in [7, 11) is 3.45. The number of benzene rings is 1. The number of nitrogens with zero attached hydrogens (tertiary/aromatic N) is 1. The van der Waals surface area contributed by atoms with Gasteiger partial charge in [0, 0.05) is 40.5 Å². The van der Waals surface area contributed by atoms with Gasteiger partial charge in [0.1, 0.15) is 0 Å². The highest BCUT2D eigenvalue weighted by atomic mass is 127. The van der Waals surface area contributed by atoms with Crippen LogP contribution in [0, 0.1) is 0 Å². The van der Waals surface area contributed by atoms with Crippen molar-refractivity contribution in [2.75, 3.05) is 47.1 Å². The highest BCUT2D eigenvalue weighted by Gasteiger charge is 2.03. The van der Waals surface area contributed by atoms with Gasteiger partial charge in [0.25, 0.3) is 0 Å². The Morgan fingerprint density at radius 3 is 2.46 bits per heavy atom. The van der Waals surface area contributed by atoms with E-state index in [2.05, 4.69) is 34.7 Å². The van der Waals surface area contributed by atoms with Crippen molar-refractivity contribution in [1.29, 1.82) is 0 Å². The van der Waals surface area contributed by atoms with E-state index in [9.17, 15) is 0 Å². The maximum atomic E-state index is 5.67. The molecular weight excluding hydrogens is 445 g/mol. The van der Waals surface area contributed by atoms with E-state index in [0.717, 1.165) is 38.5 Å². The summed E-state index contributed by atoms with van der Waals surface area (Å²) in [5.74, 6) is 0.793. The highest BCUT2D eigenvalue weighted by Crippen LogP contribution is 2.10. The standard InChI is InChI=1S/C19H33N3O3.HI/c1-4-11-25-16-18-9-6-5-8-17(18)15-22-19(20-2)21-10-7-12-24-14-13-23-3;/h5-6,8-9H,4,7,10-16H2,1-3H3,(H2,20,21,22);1H. The molecule has 2 N–H and O–H groups in total. The maximum absolute atomic E-state index is 5.67. The Kier molecular flexibility index (Phi) is 16.9. The van der Waals surface area contributed by atoms with Gasteiger partial charge in [-0.1, -0.05) is 31.2 Å². The molecule has 1 aromatic carbocycles. The summed E-state index contributed by atoms with van der Waals surface area (Å²) in [5, 5.41) is 6.65. The van der Waals surface area contributed by atoms with Crippen LogP contribution < -0.4 is 10.6 Å². The average Bonchev–Trinajstić information content (AvgIpc) is 2.64. The van der Waals surface area contributed by atoms with Gasteiger partial charge in [-0.15, -0.1) is 24.0 Å². The third kappa shape index (κ3) is 11.7. The Hall–Kier alpha value is -0.900. The van der Waals surface area contributed by atoms with E-state index in [0.29, 0.717) is 26.4 Å². The number of guanidine groups is 1. The first kappa shape index (κ1) is 25.1. The van der Waals surface area contributed by atoms with Crippen molar-refractivity contribution in [3.63, 3.8) is 0 Å². The number of nitrogens with one attached hydrogen (secondary N) is 2. The molecule has 0 spiro atoms. The molecule has 150 valence electrons. The van der Waals surface area contributed by atoms with Gasteiger partial charge >= 0.3 is 0 Å². The second kappa shape index (κ2) is 17.5.